The van der Waals surface area contributed by atoms with Crippen molar-refractivity contribution in [3.05, 3.63) is 90.5 Å². The second kappa shape index (κ2) is 9.35. The molecule has 0 radical (unpaired) electrons. The Balaban J connectivity index is 1.42. The lowest BCUT2D eigenvalue weighted by molar-refractivity contribution is -0.114. The second-order valence-corrected chi connectivity index (χ2v) is 8.45. The molecule has 0 bridgehead atoms. The summed E-state index contributed by atoms with van der Waals surface area (Å²) in [4.78, 5) is 34.0. The lowest BCUT2D eigenvalue weighted by Gasteiger charge is -2.36. The van der Waals surface area contributed by atoms with Crippen LogP contribution in [0.2, 0.25) is 0 Å². The first kappa shape index (κ1) is 21.6. The zero-order chi connectivity index (χ0) is 23.5. The molecular formula is C28H26N4O2. The summed E-state index contributed by atoms with van der Waals surface area (Å²) in [5.41, 5.74) is 5.00. The van der Waals surface area contributed by atoms with Gasteiger partial charge < -0.3 is 15.1 Å². The predicted octanol–water partition coefficient (Wildman–Crippen LogP) is 4.82. The van der Waals surface area contributed by atoms with E-state index in [0.717, 1.165) is 40.9 Å². The summed E-state index contributed by atoms with van der Waals surface area (Å²) in [6.45, 7) is 4.43. The maximum Gasteiger partial charge on any atom is 0.254 e. The second-order valence-electron chi connectivity index (χ2n) is 8.45. The maximum absolute atomic E-state index is 13.6. The number of fused-ring (bicyclic) bond motifs is 1. The van der Waals surface area contributed by atoms with Crippen molar-refractivity contribution in [1.82, 2.24) is 9.88 Å². The van der Waals surface area contributed by atoms with Crippen molar-refractivity contribution in [2.45, 2.75) is 6.92 Å². The van der Waals surface area contributed by atoms with Gasteiger partial charge in [0, 0.05) is 55.4 Å². The molecule has 2 amide bonds. The van der Waals surface area contributed by atoms with Gasteiger partial charge in [-0.25, -0.2) is 4.98 Å². The number of nitrogens with one attached hydrogen (secondary N) is 1. The van der Waals surface area contributed by atoms with Gasteiger partial charge in [0.15, 0.2) is 0 Å². The van der Waals surface area contributed by atoms with E-state index in [1.807, 2.05) is 77.7 Å². The summed E-state index contributed by atoms with van der Waals surface area (Å²) in [7, 11) is 0. The fraction of sp³-hybridized carbons (Fsp3) is 0.179. The number of anilines is 2. The molecule has 1 aliphatic heterocycles. The molecule has 5 rings (SSSR count). The largest absolute Gasteiger partial charge is 0.368 e. The van der Waals surface area contributed by atoms with Crippen LogP contribution in [0.5, 0.6) is 0 Å². The molecule has 1 fully saturated rings. The Morgan fingerprint density at radius 3 is 2.21 bits per heavy atom. The van der Waals surface area contributed by atoms with Gasteiger partial charge in [0.1, 0.15) is 0 Å². The molecule has 4 aromatic rings. The highest BCUT2D eigenvalue weighted by Gasteiger charge is 2.24. The molecule has 0 saturated carbocycles. The van der Waals surface area contributed by atoms with Crippen molar-refractivity contribution in [2.24, 2.45) is 0 Å². The standard InChI is InChI=1S/C28H26N4O2/c1-20(33)29-22-13-11-21(12-14-22)27-19-25(24-9-5-6-10-26(24)30-27)28(34)32-17-15-31(16-18-32)23-7-3-2-4-8-23/h2-14,19H,15-18H2,1H3,(H,29,33). The van der Waals surface area contributed by atoms with E-state index in [-0.39, 0.29) is 11.8 Å². The Labute approximate surface area is 198 Å². The first-order valence-corrected chi connectivity index (χ1v) is 11.5. The molecule has 1 N–H and O–H groups in total. The topological polar surface area (TPSA) is 65.5 Å². The van der Waals surface area contributed by atoms with Crippen LogP contribution in [0.3, 0.4) is 0 Å². The van der Waals surface area contributed by atoms with Crippen molar-refractivity contribution >= 4 is 34.1 Å². The number of nitrogens with zero attached hydrogens (tertiary/aromatic N) is 3. The fourth-order valence-electron chi connectivity index (χ4n) is 4.40. The molecule has 0 unspecified atom stereocenters. The van der Waals surface area contributed by atoms with E-state index in [2.05, 4.69) is 22.3 Å². The molecule has 34 heavy (non-hydrogen) atoms. The Morgan fingerprint density at radius 2 is 1.50 bits per heavy atom. The van der Waals surface area contributed by atoms with Crippen LogP contribution in [-0.4, -0.2) is 47.9 Å². The van der Waals surface area contributed by atoms with E-state index >= 15 is 0 Å². The summed E-state index contributed by atoms with van der Waals surface area (Å²) in [5, 5.41) is 3.63. The summed E-state index contributed by atoms with van der Waals surface area (Å²) in [6, 6.07) is 27.5. The van der Waals surface area contributed by atoms with Crippen LogP contribution in [0, 0.1) is 0 Å². The molecule has 3 aromatic carbocycles. The van der Waals surface area contributed by atoms with E-state index in [9.17, 15) is 9.59 Å². The highest BCUT2D eigenvalue weighted by molar-refractivity contribution is 6.07. The summed E-state index contributed by atoms with van der Waals surface area (Å²) < 4.78 is 0. The average molecular weight is 451 g/mol. The minimum Gasteiger partial charge on any atom is -0.368 e. The number of hydrogen-bond acceptors (Lipinski definition) is 4. The third kappa shape index (κ3) is 4.48. The number of carbonyl (C=O) groups excluding carboxylic acids is 2. The fourth-order valence-corrected chi connectivity index (χ4v) is 4.40. The quantitative estimate of drug-likeness (QED) is 0.484. The van der Waals surface area contributed by atoms with Gasteiger partial charge in [0.05, 0.1) is 16.8 Å². The molecule has 1 saturated heterocycles. The molecule has 6 nitrogen and oxygen atoms in total. The molecule has 0 atom stereocenters. The molecule has 170 valence electrons. The molecule has 2 heterocycles. The van der Waals surface area contributed by atoms with E-state index in [0.29, 0.717) is 18.7 Å². The van der Waals surface area contributed by atoms with Crippen LogP contribution in [0.25, 0.3) is 22.2 Å². The van der Waals surface area contributed by atoms with Crippen molar-refractivity contribution < 1.29 is 9.59 Å². The normalized spacial score (nSPS) is 13.7. The van der Waals surface area contributed by atoms with Crippen molar-refractivity contribution in [3.63, 3.8) is 0 Å². The van der Waals surface area contributed by atoms with Crippen LogP contribution >= 0.6 is 0 Å². The van der Waals surface area contributed by atoms with Crippen molar-refractivity contribution in [3.8, 4) is 11.3 Å². The minimum absolute atomic E-state index is 0.0300. The number of pyridine rings is 1. The van der Waals surface area contributed by atoms with E-state index in [1.54, 1.807) is 0 Å². The third-order valence-corrected chi connectivity index (χ3v) is 6.14. The maximum atomic E-state index is 13.6. The van der Waals surface area contributed by atoms with Gasteiger partial charge in [0.2, 0.25) is 5.91 Å². The number of aromatic nitrogens is 1. The number of rotatable bonds is 4. The highest BCUT2D eigenvalue weighted by Crippen LogP contribution is 2.27. The number of benzene rings is 3. The van der Waals surface area contributed by atoms with Crippen LogP contribution in [0.1, 0.15) is 17.3 Å². The molecule has 0 aliphatic carbocycles. The Kier molecular flexibility index (Phi) is 5.95. The zero-order valence-electron chi connectivity index (χ0n) is 19.1. The van der Waals surface area contributed by atoms with Crippen molar-refractivity contribution in [2.75, 3.05) is 36.4 Å². The Bertz CT molecular complexity index is 1330. The highest BCUT2D eigenvalue weighted by atomic mass is 16.2. The van der Waals surface area contributed by atoms with Gasteiger partial charge in [-0.15, -0.1) is 0 Å². The van der Waals surface area contributed by atoms with Crippen LogP contribution in [-0.2, 0) is 4.79 Å². The number of amides is 2. The van der Waals surface area contributed by atoms with Crippen LogP contribution in [0.4, 0.5) is 11.4 Å². The molecule has 1 aliphatic rings. The predicted molar refractivity (Wildman–Crippen MR) is 136 cm³/mol. The van der Waals surface area contributed by atoms with E-state index in [1.165, 1.54) is 12.6 Å². The summed E-state index contributed by atoms with van der Waals surface area (Å²) in [6.07, 6.45) is 0. The average Bonchev–Trinajstić information content (AvgIpc) is 2.88. The van der Waals surface area contributed by atoms with E-state index in [4.69, 9.17) is 4.98 Å². The Hall–Kier alpha value is -4.19. The summed E-state index contributed by atoms with van der Waals surface area (Å²) >= 11 is 0. The Morgan fingerprint density at radius 1 is 0.824 bits per heavy atom. The molecular weight excluding hydrogens is 424 g/mol. The lowest BCUT2D eigenvalue weighted by Crippen LogP contribution is -2.48. The molecule has 0 spiro atoms. The van der Waals surface area contributed by atoms with Crippen LogP contribution in [0.15, 0.2) is 84.9 Å². The van der Waals surface area contributed by atoms with E-state index < -0.39 is 0 Å². The SMILES string of the molecule is CC(=O)Nc1ccc(-c2cc(C(=O)N3CCN(c4ccccc4)CC3)c3ccccc3n2)cc1. The smallest absolute Gasteiger partial charge is 0.254 e. The first-order valence-electron chi connectivity index (χ1n) is 11.5. The van der Waals surface area contributed by atoms with Gasteiger partial charge >= 0.3 is 0 Å². The monoisotopic (exact) mass is 450 g/mol. The number of carbonyl (C=O) groups is 2. The molecule has 1 aromatic heterocycles. The van der Waals surface area contributed by atoms with Gasteiger partial charge in [-0.2, -0.15) is 0 Å². The number of hydrogen-bond donors (Lipinski definition) is 1. The lowest BCUT2D eigenvalue weighted by atomic mass is 10.0. The van der Waals surface area contributed by atoms with Crippen molar-refractivity contribution in [1.29, 1.82) is 0 Å². The molecule has 6 heteroatoms. The third-order valence-electron chi connectivity index (χ3n) is 6.14. The van der Waals surface area contributed by atoms with Gasteiger partial charge in [0.25, 0.3) is 5.91 Å². The van der Waals surface area contributed by atoms with Crippen LogP contribution < -0.4 is 10.2 Å². The van der Waals surface area contributed by atoms with Gasteiger partial charge in [-0.1, -0.05) is 48.5 Å². The first-order chi connectivity index (χ1) is 16.6. The zero-order valence-corrected chi connectivity index (χ0v) is 19.1. The summed E-state index contributed by atoms with van der Waals surface area (Å²) in [5.74, 6) is -0.0840. The van der Waals surface area contributed by atoms with Gasteiger partial charge in [-0.05, 0) is 36.4 Å². The van der Waals surface area contributed by atoms with Gasteiger partial charge in [-0.3, -0.25) is 9.59 Å². The number of para-hydroxylation sites is 2. The number of piperazine rings is 1. The minimum atomic E-state index is -0.114.